The first-order valence-corrected chi connectivity index (χ1v) is 9.20. The van der Waals surface area contributed by atoms with Gasteiger partial charge < -0.3 is 25.4 Å². The summed E-state index contributed by atoms with van der Waals surface area (Å²) in [6.07, 6.45) is -0.662. The number of hydrogen-bond donors (Lipinski definition) is 3. The average Bonchev–Trinajstić information content (AvgIpc) is 2.70. The SMILES string of the molecule is CCOc1ccccc1OCC(O)CN(CCO)Cc1ccccc1.CN. The molecule has 0 fully saturated rings. The van der Waals surface area contributed by atoms with Crippen LogP contribution in [-0.2, 0) is 6.54 Å². The van der Waals surface area contributed by atoms with Crippen LogP contribution in [0.5, 0.6) is 11.5 Å². The summed E-state index contributed by atoms with van der Waals surface area (Å²) in [4.78, 5) is 2.01. The molecule has 0 amide bonds. The fourth-order valence-electron chi connectivity index (χ4n) is 2.60. The highest BCUT2D eigenvalue weighted by Crippen LogP contribution is 2.26. The third-order valence-corrected chi connectivity index (χ3v) is 3.71. The lowest BCUT2D eigenvalue weighted by Gasteiger charge is -2.24. The molecule has 27 heavy (non-hydrogen) atoms. The third kappa shape index (κ3) is 8.88. The maximum absolute atomic E-state index is 10.3. The van der Waals surface area contributed by atoms with Crippen molar-refractivity contribution in [3.63, 3.8) is 0 Å². The monoisotopic (exact) mass is 376 g/mol. The Morgan fingerprint density at radius 2 is 1.56 bits per heavy atom. The summed E-state index contributed by atoms with van der Waals surface area (Å²) < 4.78 is 11.2. The maximum Gasteiger partial charge on any atom is 0.161 e. The second-order valence-electron chi connectivity index (χ2n) is 5.79. The van der Waals surface area contributed by atoms with Crippen molar-refractivity contribution in [3.8, 4) is 11.5 Å². The highest BCUT2D eigenvalue weighted by Gasteiger charge is 2.14. The van der Waals surface area contributed by atoms with E-state index < -0.39 is 6.10 Å². The average molecular weight is 376 g/mol. The number of benzene rings is 2. The molecule has 6 heteroatoms. The molecule has 0 heterocycles. The van der Waals surface area contributed by atoms with Crippen molar-refractivity contribution in [1.29, 1.82) is 0 Å². The standard InChI is InChI=1S/C20H27NO4.CH5N/c1-2-24-19-10-6-7-11-20(19)25-16-18(23)15-21(12-13-22)14-17-8-4-3-5-9-17;1-2/h3-11,18,22-23H,2,12-16H2,1H3;2H2,1H3. The van der Waals surface area contributed by atoms with Crippen LogP contribution in [0, 0.1) is 0 Å². The van der Waals surface area contributed by atoms with Crippen molar-refractivity contribution in [2.75, 3.05) is 40.0 Å². The molecular weight excluding hydrogens is 344 g/mol. The molecule has 6 nitrogen and oxygen atoms in total. The van der Waals surface area contributed by atoms with E-state index in [-0.39, 0.29) is 13.2 Å². The number of hydrogen-bond acceptors (Lipinski definition) is 6. The number of rotatable bonds is 11. The number of ether oxygens (including phenoxy) is 2. The molecule has 1 unspecified atom stereocenters. The molecule has 0 aliphatic rings. The van der Waals surface area contributed by atoms with Crippen molar-refractivity contribution < 1.29 is 19.7 Å². The second-order valence-corrected chi connectivity index (χ2v) is 5.79. The Labute approximate surface area is 162 Å². The highest BCUT2D eigenvalue weighted by atomic mass is 16.5. The predicted molar refractivity (Wildman–Crippen MR) is 108 cm³/mol. The Balaban J connectivity index is 0.00000176. The second kappa shape index (κ2) is 14.0. The molecule has 2 rings (SSSR count). The fourth-order valence-corrected chi connectivity index (χ4v) is 2.60. The number of nitrogens with two attached hydrogens (primary N) is 1. The van der Waals surface area contributed by atoms with E-state index in [4.69, 9.17) is 9.47 Å². The largest absolute Gasteiger partial charge is 0.490 e. The van der Waals surface area contributed by atoms with Gasteiger partial charge in [-0.3, -0.25) is 4.90 Å². The summed E-state index contributed by atoms with van der Waals surface area (Å²) in [7, 11) is 1.50. The van der Waals surface area contributed by atoms with E-state index >= 15 is 0 Å². The molecule has 1 atom stereocenters. The van der Waals surface area contributed by atoms with E-state index in [9.17, 15) is 10.2 Å². The number of aliphatic hydroxyl groups is 2. The van der Waals surface area contributed by atoms with Crippen LogP contribution in [0.3, 0.4) is 0 Å². The molecule has 2 aromatic carbocycles. The van der Waals surface area contributed by atoms with Crippen LogP contribution in [-0.4, -0.2) is 61.2 Å². The zero-order valence-corrected chi connectivity index (χ0v) is 16.3. The minimum Gasteiger partial charge on any atom is -0.490 e. The molecule has 0 aromatic heterocycles. The van der Waals surface area contributed by atoms with Gasteiger partial charge in [0.25, 0.3) is 0 Å². The van der Waals surface area contributed by atoms with Crippen molar-refractivity contribution in [3.05, 3.63) is 60.2 Å². The van der Waals surface area contributed by atoms with Crippen molar-refractivity contribution >= 4 is 0 Å². The van der Waals surface area contributed by atoms with Gasteiger partial charge in [0.1, 0.15) is 12.7 Å². The fraction of sp³-hybridized carbons (Fsp3) is 0.429. The molecule has 4 N–H and O–H groups in total. The van der Waals surface area contributed by atoms with Crippen molar-refractivity contribution in [1.82, 2.24) is 4.90 Å². The minimum absolute atomic E-state index is 0.0492. The zero-order valence-electron chi connectivity index (χ0n) is 16.3. The van der Waals surface area contributed by atoms with Crippen LogP contribution in [0.1, 0.15) is 12.5 Å². The number of nitrogens with zero attached hydrogens (tertiary/aromatic N) is 1. The van der Waals surface area contributed by atoms with Crippen LogP contribution >= 0.6 is 0 Å². The third-order valence-electron chi connectivity index (χ3n) is 3.71. The lowest BCUT2D eigenvalue weighted by atomic mass is 10.2. The summed E-state index contributed by atoms with van der Waals surface area (Å²) in [5, 5.41) is 19.6. The maximum atomic E-state index is 10.3. The van der Waals surface area contributed by atoms with Gasteiger partial charge in [0.15, 0.2) is 11.5 Å². The molecule has 0 radical (unpaired) electrons. The molecule has 0 saturated carbocycles. The smallest absolute Gasteiger partial charge is 0.161 e. The Morgan fingerprint density at radius 3 is 2.15 bits per heavy atom. The molecule has 2 aromatic rings. The van der Waals surface area contributed by atoms with Crippen LogP contribution in [0.4, 0.5) is 0 Å². The Bertz CT molecular complexity index is 610. The summed E-state index contributed by atoms with van der Waals surface area (Å²) >= 11 is 0. The van der Waals surface area contributed by atoms with Gasteiger partial charge in [0, 0.05) is 19.6 Å². The van der Waals surface area contributed by atoms with E-state index in [0.717, 1.165) is 5.56 Å². The zero-order chi connectivity index (χ0) is 19.9. The first-order chi connectivity index (χ1) is 13.2. The minimum atomic E-state index is -0.662. The molecule has 150 valence electrons. The van der Waals surface area contributed by atoms with Gasteiger partial charge in [-0.05, 0) is 31.7 Å². The lowest BCUT2D eigenvalue weighted by molar-refractivity contribution is 0.0580. The quantitative estimate of drug-likeness (QED) is 0.555. The molecule has 0 spiro atoms. The van der Waals surface area contributed by atoms with Crippen molar-refractivity contribution in [2.45, 2.75) is 19.6 Å². The van der Waals surface area contributed by atoms with Crippen LogP contribution in [0.2, 0.25) is 0 Å². The molecule has 0 aliphatic heterocycles. The van der Waals surface area contributed by atoms with Gasteiger partial charge in [-0.1, -0.05) is 42.5 Å². The van der Waals surface area contributed by atoms with Gasteiger partial charge >= 0.3 is 0 Å². The summed E-state index contributed by atoms with van der Waals surface area (Å²) in [5.41, 5.74) is 5.64. The van der Waals surface area contributed by atoms with E-state index in [1.807, 2.05) is 66.4 Å². The van der Waals surface area contributed by atoms with Gasteiger partial charge in [-0.2, -0.15) is 0 Å². The topological polar surface area (TPSA) is 88.2 Å². The Morgan fingerprint density at radius 1 is 0.963 bits per heavy atom. The Kier molecular flexibility index (Phi) is 11.9. The van der Waals surface area contributed by atoms with E-state index in [1.165, 1.54) is 7.05 Å². The van der Waals surface area contributed by atoms with Crippen LogP contribution in [0.15, 0.2) is 54.6 Å². The molecule has 0 bridgehead atoms. The van der Waals surface area contributed by atoms with Crippen LogP contribution in [0.25, 0.3) is 0 Å². The predicted octanol–water partition coefficient (Wildman–Crippen LogP) is 1.89. The molecule has 0 saturated heterocycles. The van der Waals surface area contributed by atoms with Crippen molar-refractivity contribution in [2.24, 2.45) is 5.73 Å². The normalized spacial score (nSPS) is 11.5. The van der Waals surface area contributed by atoms with Gasteiger partial charge in [-0.25, -0.2) is 0 Å². The first kappa shape index (κ1) is 22.9. The first-order valence-electron chi connectivity index (χ1n) is 9.20. The van der Waals surface area contributed by atoms with Gasteiger partial charge in [0.2, 0.25) is 0 Å². The Hall–Kier alpha value is -2.12. The van der Waals surface area contributed by atoms with Gasteiger partial charge in [0.05, 0.1) is 13.2 Å². The van der Waals surface area contributed by atoms with Gasteiger partial charge in [-0.15, -0.1) is 0 Å². The molecule has 0 aliphatic carbocycles. The number of para-hydroxylation sites is 2. The summed E-state index contributed by atoms with van der Waals surface area (Å²) in [6.45, 7) is 4.29. The summed E-state index contributed by atoms with van der Waals surface area (Å²) in [5.74, 6) is 1.30. The number of aliphatic hydroxyl groups excluding tert-OH is 2. The van der Waals surface area contributed by atoms with E-state index in [1.54, 1.807) is 0 Å². The highest BCUT2D eigenvalue weighted by molar-refractivity contribution is 5.39. The lowest BCUT2D eigenvalue weighted by Crippen LogP contribution is -2.37. The molecular formula is C21H32N2O4. The van der Waals surface area contributed by atoms with E-state index in [2.05, 4.69) is 5.73 Å². The summed E-state index contributed by atoms with van der Waals surface area (Å²) in [6, 6.07) is 17.4. The van der Waals surface area contributed by atoms with E-state index in [0.29, 0.717) is 37.7 Å². The van der Waals surface area contributed by atoms with Crippen LogP contribution < -0.4 is 15.2 Å².